The molecule has 1 aromatic rings. The molecule has 0 aliphatic heterocycles. The molecule has 0 N–H and O–H groups in total. The number of hydrogen-bond donors (Lipinski definition) is 0. The smallest absolute Gasteiger partial charge is 0.311 e. The molecule has 0 aliphatic rings. The van der Waals surface area contributed by atoms with Gasteiger partial charge in [0, 0.05) is 6.42 Å². The predicted octanol–water partition coefficient (Wildman–Crippen LogP) is 3.71. The van der Waals surface area contributed by atoms with E-state index in [2.05, 4.69) is 0 Å². The highest BCUT2D eigenvalue weighted by Crippen LogP contribution is 2.27. The van der Waals surface area contributed by atoms with Crippen LogP contribution < -0.4 is 4.74 Å². The molecule has 0 radical (unpaired) electrons. The minimum Gasteiger partial charge on any atom is -0.423 e. The lowest BCUT2D eigenvalue weighted by molar-refractivity contribution is -0.134. The van der Waals surface area contributed by atoms with E-state index in [1.807, 2.05) is 6.92 Å². The van der Waals surface area contributed by atoms with Gasteiger partial charge in [0.15, 0.2) is 11.6 Å². The van der Waals surface area contributed by atoms with Crippen LogP contribution in [0.15, 0.2) is 12.1 Å². The number of halogens is 3. The van der Waals surface area contributed by atoms with Gasteiger partial charge < -0.3 is 4.74 Å². The Morgan fingerprint density at radius 2 is 2.12 bits per heavy atom. The first-order valence-electron chi connectivity index (χ1n) is 4.90. The Morgan fingerprint density at radius 1 is 1.44 bits per heavy atom. The van der Waals surface area contributed by atoms with Crippen molar-refractivity contribution in [2.45, 2.75) is 26.2 Å². The van der Waals surface area contributed by atoms with Crippen molar-refractivity contribution in [1.82, 2.24) is 0 Å². The van der Waals surface area contributed by atoms with Crippen LogP contribution in [-0.4, -0.2) is 5.97 Å². The van der Waals surface area contributed by atoms with Gasteiger partial charge in [-0.2, -0.15) is 0 Å². The molecule has 0 saturated carbocycles. The Hall–Kier alpha value is -1.16. The van der Waals surface area contributed by atoms with Crippen LogP contribution >= 0.6 is 11.6 Å². The summed E-state index contributed by atoms with van der Waals surface area (Å²) in [5.74, 6) is -2.82. The fraction of sp³-hybridized carbons (Fsp3) is 0.364. The fourth-order valence-corrected chi connectivity index (χ4v) is 1.24. The highest BCUT2D eigenvalue weighted by atomic mass is 35.5. The number of benzene rings is 1. The summed E-state index contributed by atoms with van der Waals surface area (Å²) in [6, 6.07) is 1.99. The van der Waals surface area contributed by atoms with Crippen LogP contribution in [-0.2, 0) is 4.79 Å². The summed E-state index contributed by atoms with van der Waals surface area (Å²) >= 11 is 5.33. The van der Waals surface area contributed by atoms with Crippen molar-refractivity contribution in [3.05, 3.63) is 28.8 Å². The molecule has 0 atom stereocenters. The quantitative estimate of drug-likeness (QED) is 0.461. The summed E-state index contributed by atoms with van der Waals surface area (Å²) in [6.07, 6.45) is 1.70. The van der Waals surface area contributed by atoms with Crippen molar-refractivity contribution in [2.24, 2.45) is 0 Å². The third kappa shape index (κ3) is 3.17. The number of unbranched alkanes of at least 4 members (excludes halogenated alkanes) is 1. The second kappa shape index (κ2) is 5.80. The maximum absolute atomic E-state index is 13.3. The van der Waals surface area contributed by atoms with E-state index in [-0.39, 0.29) is 12.2 Å². The van der Waals surface area contributed by atoms with Crippen molar-refractivity contribution in [1.29, 1.82) is 0 Å². The molecular weight excluding hydrogens is 238 g/mol. The van der Waals surface area contributed by atoms with Gasteiger partial charge in [0.25, 0.3) is 0 Å². The van der Waals surface area contributed by atoms with Crippen LogP contribution in [0, 0.1) is 11.6 Å². The van der Waals surface area contributed by atoms with E-state index in [0.717, 1.165) is 18.6 Å². The molecule has 0 saturated heterocycles. The van der Waals surface area contributed by atoms with E-state index in [1.54, 1.807) is 0 Å². The summed E-state index contributed by atoms with van der Waals surface area (Å²) in [4.78, 5) is 11.2. The summed E-state index contributed by atoms with van der Waals surface area (Å²) in [5.41, 5.74) is 0. The van der Waals surface area contributed by atoms with E-state index < -0.39 is 22.6 Å². The zero-order valence-corrected chi connectivity index (χ0v) is 9.48. The average molecular weight is 249 g/mol. The second-order valence-electron chi connectivity index (χ2n) is 3.25. The molecule has 0 heterocycles. The van der Waals surface area contributed by atoms with Crippen molar-refractivity contribution in [3.8, 4) is 5.75 Å². The fourth-order valence-electron chi connectivity index (χ4n) is 1.08. The van der Waals surface area contributed by atoms with Crippen molar-refractivity contribution in [3.63, 3.8) is 0 Å². The SMILES string of the molecule is CCCCC(=O)Oc1ccc(F)c(Cl)c1F. The van der Waals surface area contributed by atoms with Crippen LogP contribution in [0.1, 0.15) is 26.2 Å². The Labute approximate surface area is 97.2 Å². The van der Waals surface area contributed by atoms with Crippen LogP contribution in [0.5, 0.6) is 5.75 Å². The van der Waals surface area contributed by atoms with Crippen LogP contribution in [0.2, 0.25) is 5.02 Å². The Bertz CT molecular complexity index is 394. The zero-order valence-electron chi connectivity index (χ0n) is 8.73. The third-order valence-corrected chi connectivity index (χ3v) is 2.30. The molecule has 1 rings (SSSR count). The molecule has 0 aromatic heterocycles. The number of hydrogen-bond acceptors (Lipinski definition) is 2. The zero-order chi connectivity index (χ0) is 12.1. The second-order valence-corrected chi connectivity index (χ2v) is 3.63. The molecule has 0 bridgehead atoms. The molecule has 2 nitrogen and oxygen atoms in total. The lowest BCUT2D eigenvalue weighted by atomic mass is 10.2. The van der Waals surface area contributed by atoms with Gasteiger partial charge in [-0.1, -0.05) is 24.9 Å². The first kappa shape index (κ1) is 12.9. The lowest BCUT2D eigenvalue weighted by Gasteiger charge is -2.06. The maximum Gasteiger partial charge on any atom is 0.311 e. The van der Waals surface area contributed by atoms with Gasteiger partial charge in [0.2, 0.25) is 0 Å². The molecular formula is C11H11ClF2O2. The van der Waals surface area contributed by atoms with E-state index in [0.29, 0.717) is 6.42 Å². The number of rotatable bonds is 4. The van der Waals surface area contributed by atoms with Gasteiger partial charge in [0.05, 0.1) is 0 Å². The lowest BCUT2D eigenvalue weighted by Crippen LogP contribution is -2.08. The molecule has 16 heavy (non-hydrogen) atoms. The van der Waals surface area contributed by atoms with E-state index in [4.69, 9.17) is 16.3 Å². The molecule has 0 aliphatic carbocycles. The third-order valence-electron chi connectivity index (χ3n) is 1.96. The molecule has 5 heteroatoms. The van der Waals surface area contributed by atoms with Crippen LogP contribution in [0.25, 0.3) is 0 Å². The Kier molecular flexibility index (Phi) is 4.68. The molecule has 1 aromatic carbocycles. The normalized spacial score (nSPS) is 10.2. The van der Waals surface area contributed by atoms with Crippen molar-refractivity contribution < 1.29 is 18.3 Å². The minimum absolute atomic E-state index is 0.199. The average Bonchev–Trinajstić information content (AvgIpc) is 2.27. The highest BCUT2D eigenvalue weighted by Gasteiger charge is 2.15. The number of carbonyl (C=O) groups is 1. The monoisotopic (exact) mass is 248 g/mol. The summed E-state index contributed by atoms with van der Waals surface area (Å²) in [7, 11) is 0. The number of ether oxygens (including phenoxy) is 1. The Balaban J connectivity index is 2.74. The van der Waals surface area contributed by atoms with Gasteiger partial charge in [-0.3, -0.25) is 4.79 Å². The standard InChI is InChI=1S/C11H11ClF2O2/c1-2-3-4-9(15)16-8-6-5-7(13)10(12)11(8)14/h5-6H,2-4H2,1H3. The largest absolute Gasteiger partial charge is 0.423 e. The van der Waals surface area contributed by atoms with E-state index >= 15 is 0 Å². The predicted molar refractivity (Wildman–Crippen MR) is 56.5 cm³/mol. The number of carbonyl (C=O) groups excluding carboxylic acids is 1. The maximum atomic E-state index is 13.3. The molecule has 0 fully saturated rings. The van der Waals surface area contributed by atoms with Gasteiger partial charge in [0.1, 0.15) is 10.8 Å². The Morgan fingerprint density at radius 3 is 2.75 bits per heavy atom. The summed E-state index contributed by atoms with van der Waals surface area (Å²) in [5, 5.41) is -0.666. The number of esters is 1. The minimum atomic E-state index is -1.05. The molecule has 0 spiro atoms. The van der Waals surface area contributed by atoms with Crippen LogP contribution in [0.3, 0.4) is 0 Å². The van der Waals surface area contributed by atoms with Gasteiger partial charge in [-0.25, -0.2) is 8.78 Å². The molecule has 0 amide bonds. The van der Waals surface area contributed by atoms with Gasteiger partial charge in [-0.05, 0) is 18.6 Å². The first-order valence-corrected chi connectivity index (χ1v) is 5.28. The topological polar surface area (TPSA) is 26.3 Å². The summed E-state index contributed by atoms with van der Waals surface area (Å²) in [6.45, 7) is 1.92. The van der Waals surface area contributed by atoms with E-state index in [9.17, 15) is 13.6 Å². The highest BCUT2D eigenvalue weighted by molar-refractivity contribution is 6.31. The van der Waals surface area contributed by atoms with Crippen LogP contribution in [0.4, 0.5) is 8.78 Å². The van der Waals surface area contributed by atoms with Crippen molar-refractivity contribution in [2.75, 3.05) is 0 Å². The van der Waals surface area contributed by atoms with Gasteiger partial charge >= 0.3 is 5.97 Å². The van der Waals surface area contributed by atoms with Crippen molar-refractivity contribution >= 4 is 17.6 Å². The summed E-state index contributed by atoms with van der Waals surface area (Å²) < 4.78 is 30.8. The van der Waals surface area contributed by atoms with E-state index in [1.165, 1.54) is 0 Å². The molecule has 0 unspecified atom stereocenters. The first-order chi connectivity index (χ1) is 7.56. The molecule has 88 valence electrons. The van der Waals surface area contributed by atoms with Gasteiger partial charge in [-0.15, -0.1) is 0 Å².